The van der Waals surface area contributed by atoms with Gasteiger partial charge in [-0.15, -0.1) is 0 Å². The first kappa shape index (κ1) is 14.9. The first-order valence-electron chi connectivity index (χ1n) is 7.98. The van der Waals surface area contributed by atoms with E-state index in [0.29, 0.717) is 6.04 Å². The number of benzene rings is 1. The molecule has 2 aliphatic rings. The van der Waals surface area contributed by atoms with E-state index in [9.17, 15) is 4.79 Å². The molecule has 1 aromatic carbocycles. The van der Waals surface area contributed by atoms with Crippen LogP contribution in [0, 0.1) is 5.92 Å². The number of ether oxygens (including phenoxy) is 2. The predicted octanol–water partition coefficient (Wildman–Crippen LogP) is 3.47. The van der Waals surface area contributed by atoms with Crippen LogP contribution in [0.4, 0.5) is 0 Å². The Morgan fingerprint density at radius 1 is 1.18 bits per heavy atom. The van der Waals surface area contributed by atoms with Gasteiger partial charge < -0.3 is 14.4 Å². The molecular weight excluding hydrogens is 278 g/mol. The molecule has 0 N–H and O–H groups in total. The third-order valence-corrected chi connectivity index (χ3v) is 4.70. The average Bonchev–Trinajstić information content (AvgIpc) is 3.00. The lowest BCUT2D eigenvalue weighted by atomic mass is 9.87. The van der Waals surface area contributed by atoms with Gasteiger partial charge in [0.1, 0.15) is 0 Å². The van der Waals surface area contributed by atoms with Crippen molar-refractivity contribution in [3.05, 3.63) is 29.8 Å². The van der Waals surface area contributed by atoms with Crippen molar-refractivity contribution in [2.75, 3.05) is 13.8 Å². The SMILES string of the molecule is CC1CCC(N(C)C(=O)/C=C/c2ccc3c(c2)OCO3)CC1. The van der Waals surface area contributed by atoms with Gasteiger partial charge in [-0.25, -0.2) is 0 Å². The molecule has 1 saturated carbocycles. The maximum absolute atomic E-state index is 12.3. The summed E-state index contributed by atoms with van der Waals surface area (Å²) in [4.78, 5) is 14.2. The highest BCUT2D eigenvalue weighted by Crippen LogP contribution is 2.33. The molecule has 0 spiro atoms. The fourth-order valence-corrected chi connectivity index (χ4v) is 3.11. The summed E-state index contributed by atoms with van der Waals surface area (Å²) < 4.78 is 10.6. The summed E-state index contributed by atoms with van der Waals surface area (Å²) in [5.74, 6) is 2.36. The number of amides is 1. The minimum absolute atomic E-state index is 0.0669. The fraction of sp³-hybridized carbons (Fsp3) is 0.500. The van der Waals surface area contributed by atoms with Gasteiger partial charge in [0, 0.05) is 19.2 Å². The quantitative estimate of drug-likeness (QED) is 0.803. The third kappa shape index (κ3) is 3.26. The molecule has 1 aliphatic heterocycles. The van der Waals surface area contributed by atoms with Crippen LogP contribution in [0.2, 0.25) is 0 Å². The molecule has 4 heteroatoms. The highest BCUT2D eigenvalue weighted by Gasteiger charge is 2.23. The molecule has 22 heavy (non-hydrogen) atoms. The molecule has 0 aromatic heterocycles. The van der Waals surface area contributed by atoms with Crippen LogP contribution in [0.1, 0.15) is 38.2 Å². The highest BCUT2D eigenvalue weighted by atomic mass is 16.7. The van der Waals surface area contributed by atoms with Gasteiger partial charge in [0.05, 0.1) is 0 Å². The summed E-state index contributed by atoms with van der Waals surface area (Å²) >= 11 is 0. The van der Waals surface area contributed by atoms with Gasteiger partial charge in [0.2, 0.25) is 12.7 Å². The Labute approximate surface area is 131 Å². The molecular formula is C18H23NO3. The third-order valence-electron chi connectivity index (χ3n) is 4.70. The topological polar surface area (TPSA) is 38.8 Å². The number of hydrogen-bond donors (Lipinski definition) is 0. The van der Waals surface area contributed by atoms with E-state index in [4.69, 9.17) is 9.47 Å². The Balaban J connectivity index is 1.61. The van der Waals surface area contributed by atoms with Crippen molar-refractivity contribution in [2.45, 2.75) is 38.6 Å². The second-order valence-electron chi connectivity index (χ2n) is 6.31. The molecule has 0 atom stereocenters. The summed E-state index contributed by atoms with van der Waals surface area (Å²) in [6.45, 7) is 2.56. The lowest BCUT2D eigenvalue weighted by Gasteiger charge is -2.33. The minimum atomic E-state index is 0.0669. The standard InChI is InChI=1S/C18H23NO3/c1-13-3-7-15(8-4-13)19(2)18(20)10-6-14-5-9-16-17(11-14)22-12-21-16/h5-6,9-11,13,15H,3-4,7-8,12H2,1-2H3/b10-6+. The highest BCUT2D eigenvalue weighted by molar-refractivity contribution is 5.91. The molecule has 0 unspecified atom stereocenters. The Kier molecular flexibility index (Phi) is 4.36. The first-order chi connectivity index (χ1) is 10.6. The van der Waals surface area contributed by atoms with Crippen LogP contribution in [0.15, 0.2) is 24.3 Å². The van der Waals surface area contributed by atoms with Crippen molar-refractivity contribution in [2.24, 2.45) is 5.92 Å². The molecule has 1 aromatic rings. The van der Waals surface area contributed by atoms with Crippen molar-refractivity contribution in [3.63, 3.8) is 0 Å². The molecule has 0 saturated heterocycles. The Morgan fingerprint density at radius 3 is 2.68 bits per heavy atom. The molecule has 0 bridgehead atoms. The van der Waals surface area contributed by atoms with Crippen LogP contribution in [-0.4, -0.2) is 30.7 Å². The average molecular weight is 301 g/mol. The Hall–Kier alpha value is -1.97. The Morgan fingerprint density at radius 2 is 1.91 bits per heavy atom. The zero-order valence-corrected chi connectivity index (χ0v) is 13.2. The monoisotopic (exact) mass is 301 g/mol. The largest absolute Gasteiger partial charge is 0.454 e. The molecule has 3 rings (SSSR count). The van der Waals surface area contributed by atoms with E-state index in [1.165, 1.54) is 12.8 Å². The molecule has 4 nitrogen and oxygen atoms in total. The van der Waals surface area contributed by atoms with E-state index in [-0.39, 0.29) is 12.7 Å². The number of fused-ring (bicyclic) bond motifs is 1. The van der Waals surface area contributed by atoms with Gasteiger partial charge >= 0.3 is 0 Å². The van der Waals surface area contributed by atoms with Gasteiger partial charge in [-0.05, 0) is 55.4 Å². The summed E-state index contributed by atoms with van der Waals surface area (Å²) in [5, 5.41) is 0. The lowest BCUT2D eigenvalue weighted by Crippen LogP contribution is -2.38. The van der Waals surface area contributed by atoms with Crippen LogP contribution in [0.3, 0.4) is 0 Å². The maximum Gasteiger partial charge on any atom is 0.246 e. The molecule has 118 valence electrons. The predicted molar refractivity (Wildman–Crippen MR) is 85.8 cm³/mol. The van der Waals surface area contributed by atoms with E-state index < -0.39 is 0 Å². The van der Waals surface area contributed by atoms with Crippen molar-refractivity contribution >= 4 is 12.0 Å². The number of hydrogen-bond acceptors (Lipinski definition) is 3. The zero-order chi connectivity index (χ0) is 15.5. The second kappa shape index (κ2) is 6.42. The summed E-state index contributed by atoms with van der Waals surface area (Å²) in [7, 11) is 1.91. The van der Waals surface area contributed by atoms with Crippen LogP contribution >= 0.6 is 0 Å². The van der Waals surface area contributed by atoms with E-state index in [1.807, 2.05) is 36.2 Å². The van der Waals surface area contributed by atoms with Crippen molar-refractivity contribution in [1.29, 1.82) is 0 Å². The van der Waals surface area contributed by atoms with Crippen molar-refractivity contribution in [1.82, 2.24) is 4.90 Å². The fourth-order valence-electron chi connectivity index (χ4n) is 3.11. The van der Waals surface area contributed by atoms with E-state index in [0.717, 1.165) is 35.8 Å². The molecule has 1 aliphatic carbocycles. The van der Waals surface area contributed by atoms with Gasteiger partial charge in [-0.2, -0.15) is 0 Å². The maximum atomic E-state index is 12.3. The molecule has 0 radical (unpaired) electrons. The smallest absolute Gasteiger partial charge is 0.246 e. The summed E-state index contributed by atoms with van der Waals surface area (Å²) in [5.41, 5.74) is 0.947. The summed E-state index contributed by atoms with van der Waals surface area (Å²) in [6.07, 6.45) is 8.15. The van der Waals surface area contributed by atoms with Crippen LogP contribution in [0.25, 0.3) is 6.08 Å². The molecule has 1 fully saturated rings. The van der Waals surface area contributed by atoms with E-state index in [2.05, 4.69) is 6.92 Å². The van der Waals surface area contributed by atoms with Crippen LogP contribution in [0.5, 0.6) is 11.5 Å². The summed E-state index contributed by atoms with van der Waals surface area (Å²) in [6, 6.07) is 6.08. The minimum Gasteiger partial charge on any atom is -0.454 e. The number of nitrogens with zero attached hydrogens (tertiary/aromatic N) is 1. The molecule has 1 heterocycles. The van der Waals surface area contributed by atoms with Crippen LogP contribution < -0.4 is 9.47 Å². The van der Waals surface area contributed by atoms with Gasteiger partial charge in [0.15, 0.2) is 11.5 Å². The molecule has 1 amide bonds. The Bertz CT molecular complexity index is 574. The van der Waals surface area contributed by atoms with Crippen molar-refractivity contribution < 1.29 is 14.3 Å². The number of carbonyl (C=O) groups is 1. The van der Waals surface area contributed by atoms with Gasteiger partial charge in [-0.1, -0.05) is 13.0 Å². The van der Waals surface area contributed by atoms with Gasteiger partial charge in [0.25, 0.3) is 0 Å². The lowest BCUT2D eigenvalue weighted by molar-refractivity contribution is -0.127. The number of rotatable bonds is 3. The number of carbonyl (C=O) groups excluding carboxylic acids is 1. The second-order valence-corrected chi connectivity index (χ2v) is 6.31. The van der Waals surface area contributed by atoms with Crippen molar-refractivity contribution in [3.8, 4) is 11.5 Å². The zero-order valence-electron chi connectivity index (χ0n) is 13.2. The van der Waals surface area contributed by atoms with E-state index in [1.54, 1.807) is 6.08 Å². The normalized spacial score (nSPS) is 23.7. The first-order valence-corrected chi connectivity index (χ1v) is 7.98. The number of likely N-dealkylation sites (N-methyl/N-ethyl adjacent to an activating group) is 1. The van der Waals surface area contributed by atoms with E-state index >= 15 is 0 Å². The van der Waals surface area contributed by atoms with Gasteiger partial charge in [-0.3, -0.25) is 4.79 Å². The van der Waals surface area contributed by atoms with Crippen LogP contribution in [-0.2, 0) is 4.79 Å².